The molecule has 0 aliphatic rings. The summed E-state index contributed by atoms with van der Waals surface area (Å²) >= 11 is 3.02. The fraction of sp³-hybridized carbons (Fsp3) is 0.400. The normalized spacial score (nSPS) is 10.8. The molecule has 0 heterocycles. The van der Waals surface area contributed by atoms with Crippen molar-refractivity contribution >= 4 is 21.6 Å². The van der Waals surface area contributed by atoms with Crippen LogP contribution in [0.1, 0.15) is 0 Å². The van der Waals surface area contributed by atoms with Gasteiger partial charge in [0.05, 0.1) is 0 Å². The van der Waals surface area contributed by atoms with Crippen LogP contribution in [-0.2, 0) is 0 Å². The van der Waals surface area contributed by atoms with Gasteiger partial charge in [0.15, 0.2) is 0 Å². The first-order valence-corrected chi connectivity index (χ1v) is 5.33. The predicted octanol–water partition coefficient (Wildman–Crippen LogP) is 2.70. The van der Waals surface area contributed by atoms with Gasteiger partial charge in [-0.1, -0.05) is 15.9 Å². The third kappa shape index (κ3) is 3.76. The van der Waals surface area contributed by atoms with E-state index in [0.29, 0.717) is 11.0 Å². The number of likely N-dealkylation sites (N-methyl/N-ethyl adjacent to an activating group) is 1. The van der Waals surface area contributed by atoms with Gasteiger partial charge in [0, 0.05) is 17.6 Å². The van der Waals surface area contributed by atoms with Gasteiger partial charge in [-0.25, -0.2) is 8.78 Å². The Morgan fingerprint density at radius 3 is 2.27 bits per heavy atom. The third-order valence-electron chi connectivity index (χ3n) is 1.87. The molecule has 0 amide bonds. The lowest BCUT2D eigenvalue weighted by Gasteiger charge is -2.12. The summed E-state index contributed by atoms with van der Waals surface area (Å²) in [6.45, 7) is 1.22. The van der Waals surface area contributed by atoms with Gasteiger partial charge < -0.3 is 10.2 Å². The maximum Gasteiger partial charge on any atom is 0.150 e. The van der Waals surface area contributed by atoms with Crippen LogP contribution in [0.5, 0.6) is 0 Å². The molecule has 0 aliphatic heterocycles. The largest absolute Gasteiger partial charge is 0.379 e. The third-order valence-corrected chi connectivity index (χ3v) is 2.33. The Kier molecular flexibility index (Phi) is 4.47. The van der Waals surface area contributed by atoms with Gasteiger partial charge in [0.1, 0.15) is 17.3 Å². The van der Waals surface area contributed by atoms with E-state index in [2.05, 4.69) is 21.2 Å². The summed E-state index contributed by atoms with van der Waals surface area (Å²) in [5.74, 6) is -1.17. The maximum atomic E-state index is 13.3. The van der Waals surface area contributed by atoms with E-state index in [4.69, 9.17) is 0 Å². The van der Waals surface area contributed by atoms with E-state index in [1.54, 1.807) is 0 Å². The quantitative estimate of drug-likeness (QED) is 0.911. The molecule has 0 saturated heterocycles. The summed E-state index contributed by atoms with van der Waals surface area (Å²) in [6.07, 6.45) is 0. The molecular weight excluding hydrogens is 266 g/mol. The molecule has 0 radical (unpaired) electrons. The van der Waals surface area contributed by atoms with Crippen molar-refractivity contribution in [3.8, 4) is 0 Å². The van der Waals surface area contributed by atoms with E-state index in [1.165, 1.54) is 12.1 Å². The highest BCUT2D eigenvalue weighted by atomic mass is 79.9. The minimum atomic E-state index is -0.583. The molecular formula is C10H13BrF2N2. The molecule has 2 nitrogen and oxygen atoms in total. The standard InChI is InChI=1S/C10H13BrF2N2/c1-15(2)4-3-14-10-8(12)5-7(11)6-9(10)13/h5-6,14H,3-4H2,1-2H3. The molecule has 5 heteroatoms. The Labute approximate surface area is 96.4 Å². The number of rotatable bonds is 4. The molecule has 1 rings (SSSR count). The lowest BCUT2D eigenvalue weighted by atomic mass is 10.3. The van der Waals surface area contributed by atoms with E-state index in [1.807, 2.05) is 19.0 Å². The molecule has 15 heavy (non-hydrogen) atoms. The Bertz CT molecular complexity index is 319. The van der Waals surface area contributed by atoms with Crippen LogP contribution in [-0.4, -0.2) is 32.1 Å². The number of hydrogen-bond acceptors (Lipinski definition) is 2. The van der Waals surface area contributed by atoms with Crippen LogP contribution in [0.4, 0.5) is 14.5 Å². The van der Waals surface area contributed by atoms with Gasteiger partial charge >= 0.3 is 0 Å². The smallest absolute Gasteiger partial charge is 0.150 e. The lowest BCUT2D eigenvalue weighted by molar-refractivity contribution is 0.424. The van der Waals surface area contributed by atoms with Crippen molar-refractivity contribution in [2.75, 3.05) is 32.5 Å². The zero-order valence-electron chi connectivity index (χ0n) is 8.65. The Morgan fingerprint density at radius 2 is 1.80 bits per heavy atom. The van der Waals surface area contributed by atoms with Crippen LogP contribution >= 0.6 is 15.9 Å². The molecule has 0 aromatic heterocycles. The number of nitrogens with zero attached hydrogens (tertiary/aromatic N) is 1. The van der Waals surface area contributed by atoms with Crippen LogP contribution in [0.2, 0.25) is 0 Å². The summed E-state index contributed by atoms with van der Waals surface area (Å²) in [7, 11) is 3.80. The average Bonchev–Trinajstić information content (AvgIpc) is 2.08. The maximum absolute atomic E-state index is 13.3. The topological polar surface area (TPSA) is 15.3 Å². The van der Waals surface area contributed by atoms with E-state index < -0.39 is 11.6 Å². The minimum absolute atomic E-state index is 0.0694. The fourth-order valence-corrected chi connectivity index (χ4v) is 1.52. The number of nitrogens with one attached hydrogen (secondary N) is 1. The van der Waals surface area contributed by atoms with E-state index >= 15 is 0 Å². The molecule has 0 fully saturated rings. The Morgan fingerprint density at radius 1 is 1.27 bits per heavy atom. The lowest BCUT2D eigenvalue weighted by Crippen LogP contribution is -2.21. The zero-order valence-corrected chi connectivity index (χ0v) is 10.2. The van der Waals surface area contributed by atoms with Crippen molar-refractivity contribution in [2.24, 2.45) is 0 Å². The number of halogens is 3. The summed E-state index contributed by atoms with van der Waals surface area (Å²) in [4.78, 5) is 1.93. The molecule has 0 atom stereocenters. The van der Waals surface area contributed by atoms with Crippen molar-refractivity contribution < 1.29 is 8.78 Å². The molecule has 1 aromatic rings. The first kappa shape index (κ1) is 12.4. The van der Waals surface area contributed by atoms with Crippen molar-refractivity contribution in [2.45, 2.75) is 0 Å². The number of benzene rings is 1. The van der Waals surface area contributed by atoms with E-state index in [-0.39, 0.29) is 5.69 Å². The van der Waals surface area contributed by atoms with E-state index in [9.17, 15) is 8.78 Å². The molecule has 1 aromatic carbocycles. The molecule has 0 saturated carbocycles. The van der Waals surface area contributed by atoms with Gasteiger partial charge in [-0.2, -0.15) is 0 Å². The van der Waals surface area contributed by atoms with Gasteiger partial charge in [-0.05, 0) is 26.2 Å². The minimum Gasteiger partial charge on any atom is -0.379 e. The molecule has 1 N–H and O–H groups in total. The Balaban J connectivity index is 2.68. The second-order valence-corrected chi connectivity index (χ2v) is 4.39. The van der Waals surface area contributed by atoms with Crippen molar-refractivity contribution in [1.29, 1.82) is 0 Å². The van der Waals surface area contributed by atoms with Crippen LogP contribution in [0.3, 0.4) is 0 Å². The van der Waals surface area contributed by atoms with Crippen LogP contribution in [0.25, 0.3) is 0 Å². The second-order valence-electron chi connectivity index (χ2n) is 3.47. The van der Waals surface area contributed by atoms with Crippen LogP contribution in [0, 0.1) is 11.6 Å². The molecule has 0 unspecified atom stereocenters. The first-order chi connectivity index (χ1) is 7.00. The number of hydrogen-bond donors (Lipinski definition) is 1. The second kappa shape index (κ2) is 5.42. The van der Waals surface area contributed by atoms with Gasteiger partial charge in [-0.15, -0.1) is 0 Å². The number of anilines is 1. The van der Waals surface area contributed by atoms with Crippen LogP contribution < -0.4 is 5.32 Å². The fourth-order valence-electron chi connectivity index (χ4n) is 1.12. The highest BCUT2D eigenvalue weighted by Crippen LogP contribution is 2.23. The van der Waals surface area contributed by atoms with Gasteiger partial charge in [0.2, 0.25) is 0 Å². The molecule has 0 bridgehead atoms. The molecule has 0 aliphatic carbocycles. The summed E-state index contributed by atoms with van der Waals surface area (Å²) in [5.41, 5.74) is -0.0694. The summed E-state index contributed by atoms with van der Waals surface area (Å²) in [6, 6.07) is 2.47. The highest BCUT2D eigenvalue weighted by Gasteiger charge is 2.09. The molecule has 0 spiro atoms. The predicted molar refractivity (Wildman–Crippen MR) is 61.1 cm³/mol. The highest BCUT2D eigenvalue weighted by molar-refractivity contribution is 9.10. The van der Waals surface area contributed by atoms with Crippen molar-refractivity contribution in [1.82, 2.24) is 4.90 Å². The SMILES string of the molecule is CN(C)CCNc1c(F)cc(Br)cc1F. The van der Waals surface area contributed by atoms with Crippen LogP contribution in [0.15, 0.2) is 16.6 Å². The molecule has 84 valence electrons. The zero-order chi connectivity index (χ0) is 11.4. The van der Waals surface area contributed by atoms with Gasteiger partial charge in [-0.3, -0.25) is 0 Å². The monoisotopic (exact) mass is 278 g/mol. The summed E-state index contributed by atoms with van der Waals surface area (Å²) in [5, 5.41) is 2.73. The van der Waals surface area contributed by atoms with Crippen molar-refractivity contribution in [3.05, 3.63) is 28.2 Å². The first-order valence-electron chi connectivity index (χ1n) is 4.54. The van der Waals surface area contributed by atoms with Crippen molar-refractivity contribution in [3.63, 3.8) is 0 Å². The summed E-state index contributed by atoms with van der Waals surface area (Å²) < 4.78 is 27.0. The van der Waals surface area contributed by atoms with Gasteiger partial charge in [0.25, 0.3) is 0 Å². The Hall–Kier alpha value is -0.680. The average molecular weight is 279 g/mol. The van der Waals surface area contributed by atoms with E-state index in [0.717, 1.165) is 6.54 Å².